The lowest BCUT2D eigenvalue weighted by molar-refractivity contribution is -0.118. The molecule has 0 fully saturated rings. The Bertz CT molecular complexity index is 353. The van der Waals surface area contributed by atoms with Gasteiger partial charge in [-0.1, -0.05) is 13.8 Å². The topological polar surface area (TPSA) is 59.0 Å². The second-order valence-corrected chi connectivity index (χ2v) is 5.98. The molecular formula is C12H20N2O3. The molecule has 0 aliphatic carbocycles. The molecule has 1 aliphatic rings. The van der Waals surface area contributed by atoms with E-state index in [-0.39, 0.29) is 17.9 Å². The van der Waals surface area contributed by atoms with Crippen LogP contribution in [0, 0.1) is 5.41 Å². The van der Waals surface area contributed by atoms with E-state index in [0.29, 0.717) is 6.54 Å². The molecule has 17 heavy (non-hydrogen) atoms. The Hall–Kier alpha value is -1.39. The molecular weight excluding hydrogens is 220 g/mol. The summed E-state index contributed by atoms with van der Waals surface area (Å²) in [7, 11) is 0. The Balaban J connectivity index is 2.78. The minimum atomic E-state index is -0.558. The van der Waals surface area contributed by atoms with Crippen LogP contribution in [0.2, 0.25) is 0 Å². The van der Waals surface area contributed by atoms with Gasteiger partial charge < -0.3 is 4.74 Å². The van der Waals surface area contributed by atoms with E-state index in [9.17, 15) is 9.59 Å². The van der Waals surface area contributed by atoms with Crippen molar-refractivity contribution in [2.24, 2.45) is 10.4 Å². The lowest BCUT2D eigenvalue weighted by Crippen LogP contribution is -2.43. The van der Waals surface area contributed by atoms with Gasteiger partial charge in [0.2, 0.25) is 0 Å². The van der Waals surface area contributed by atoms with Crippen LogP contribution in [0.1, 0.15) is 34.6 Å². The van der Waals surface area contributed by atoms with Crippen LogP contribution in [0.15, 0.2) is 4.99 Å². The molecule has 5 nitrogen and oxygen atoms in total. The summed E-state index contributed by atoms with van der Waals surface area (Å²) in [6.45, 7) is 9.65. The van der Waals surface area contributed by atoms with E-state index >= 15 is 0 Å². The van der Waals surface area contributed by atoms with Crippen molar-refractivity contribution < 1.29 is 14.3 Å². The van der Waals surface area contributed by atoms with Gasteiger partial charge in [-0.2, -0.15) is 0 Å². The van der Waals surface area contributed by atoms with Crippen LogP contribution < -0.4 is 0 Å². The Morgan fingerprint density at radius 3 is 2.59 bits per heavy atom. The van der Waals surface area contributed by atoms with Gasteiger partial charge in [0.25, 0.3) is 5.91 Å². The third kappa shape index (κ3) is 4.54. The zero-order valence-corrected chi connectivity index (χ0v) is 11.1. The number of rotatable bonds is 0. The van der Waals surface area contributed by atoms with Crippen molar-refractivity contribution in [3.8, 4) is 0 Å². The van der Waals surface area contributed by atoms with Crippen LogP contribution in [0.25, 0.3) is 0 Å². The van der Waals surface area contributed by atoms with E-state index in [0.717, 1.165) is 0 Å². The monoisotopic (exact) mass is 240 g/mol. The summed E-state index contributed by atoms with van der Waals surface area (Å²) in [6.07, 6.45) is 1.13. The average molecular weight is 240 g/mol. The van der Waals surface area contributed by atoms with Crippen molar-refractivity contribution in [2.75, 3.05) is 13.1 Å². The van der Waals surface area contributed by atoms with Gasteiger partial charge in [0, 0.05) is 18.2 Å². The molecule has 0 aromatic heterocycles. The summed E-state index contributed by atoms with van der Waals surface area (Å²) in [5, 5.41) is 0. The van der Waals surface area contributed by atoms with Gasteiger partial charge in [0.05, 0.1) is 0 Å². The van der Waals surface area contributed by atoms with E-state index < -0.39 is 11.7 Å². The summed E-state index contributed by atoms with van der Waals surface area (Å²) in [5.41, 5.74) is -0.875. The number of nitrogens with zero attached hydrogens (tertiary/aromatic N) is 2. The van der Waals surface area contributed by atoms with Crippen molar-refractivity contribution in [3.63, 3.8) is 0 Å². The fourth-order valence-electron chi connectivity index (χ4n) is 1.50. The Morgan fingerprint density at radius 2 is 2.06 bits per heavy atom. The first kappa shape index (κ1) is 13.7. The largest absolute Gasteiger partial charge is 0.444 e. The molecule has 0 bridgehead atoms. The van der Waals surface area contributed by atoms with Gasteiger partial charge in [-0.3, -0.25) is 9.69 Å². The van der Waals surface area contributed by atoms with Crippen molar-refractivity contribution in [3.05, 3.63) is 0 Å². The summed E-state index contributed by atoms with van der Waals surface area (Å²) in [5.74, 6) is -0.318. The first-order valence-corrected chi connectivity index (χ1v) is 5.65. The highest BCUT2D eigenvalue weighted by molar-refractivity contribution is 5.91. The third-order valence-corrected chi connectivity index (χ3v) is 2.13. The standard InChI is InChI=1S/C12H20N2O3/c1-11(2,3)17-10(16)14-6-9(15)13-7-12(4,5)8-14/h7H,6,8H2,1-5H3. The smallest absolute Gasteiger partial charge is 0.410 e. The number of hydrogen-bond donors (Lipinski definition) is 0. The van der Waals surface area contributed by atoms with Crippen molar-refractivity contribution >= 4 is 18.2 Å². The van der Waals surface area contributed by atoms with E-state index in [1.807, 2.05) is 13.8 Å². The average Bonchev–Trinajstić information content (AvgIpc) is 2.23. The zero-order chi connectivity index (χ0) is 13.3. The Morgan fingerprint density at radius 1 is 1.47 bits per heavy atom. The first-order chi connectivity index (χ1) is 7.59. The van der Waals surface area contributed by atoms with Gasteiger partial charge in [-0.15, -0.1) is 0 Å². The van der Waals surface area contributed by atoms with Crippen LogP contribution in [-0.4, -0.2) is 41.8 Å². The highest BCUT2D eigenvalue weighted by atomic mass is 16.6. The molecule has 0 radical (unpaired) electrons. The molecule has 5 heteroatoms. The van der Waals surface area contributed by atoms with Gasteiger partial charge in [-0.05, 0) is 20.8 Å². The highest BCUT2D eigenvalue weighted by Gasteiger charge is 2.30. The summed E-state index contributed by atoms with van der Waals surface area (Å²) in [4.78, 5) is 28.5. The van der Waals surface area contributed by atoms with Crippen molar-refractivity contribution in [2.45, 2.75) is 40.2 Å². The summed E-state index contributed by atoms with van der Waals surface area (Å²) >= 11 is 0. The van der Waals surface area contributed by atoms with E-state index in [2.05, 4.69) is 4.99 Å². The Kier molecular flexibility index (Phi) is 3.59. The van der Waals surface area contributed by atoms with Gasteiger partial charge in [0.1, 0.15) is 12.1 Å². The zero-order valence-electron chi connectivity index (χ0n) is 11.1. The van der Waals surface area contributed by atoms with Crippen molar-refractivity contribution in [1.82, 2.24) is 4.90 Å². The van der Waals surface area contributed by atoms with Gasteiger partial charge in [0.15, 0.2) is 0 Å². The number of carbonyl (C=O) groups is 2. The van der Waals surface area contributed by atoms with Crippen LogP contribution in [0.4, 0.5) is 4.79 Å². The molecule has 1 rings (SSSR count). The maximum absolute atomic E-state index is 11.9. The summed E-state index contributed by atoms with van der Waals surface area (Å²) < 4.78 is 5.25. The molecule has 0 spiro atoms. The highest BCUT2D eigenvalue weighted by Crippen LogP contribution is 2.19. The van der Waals surface area contributed by atoms with Crippen LogP contribution >= 0.6 is 0 Å². The minimum Gasteiger partial charge on any atom is -0.444 e. The lowest BCUT2D eigenvalue weighted by Gasteiger charge is -2.29. The third-order valence-electron chi connectivity index (χ3n) is 2.13. The maximum Gasteiger partial charge on any atom is 0.410 e. The predicted octanol–water partition coefficient (Wildman–Crippen LogP) is 1.86. The number of carbonyl (C=O) groups excluding carboxylic acids is 2. The SMILES string of the molecule is CC1(C)C=NC(=O)CN(C(=O)OC(C)(C)C)C1. The maximum atomic E-state index is 11.9. The second kappa shape index (κ2) is 4.47. The Labute approximate surface area is 102 Å². The fourth-order valence-corrected chi connectivity index (χ4v) is 1.50. The quantitative estimate of drug-likeness (QED) is 0.649. The molecule has 0 saturated heterocycles. The van der Waals surface area contributed by atoms with E-state index in [4.69, 9.17) is 4.74 Å². The van der Waals surface area contributed by atoms with Gasteiger partial charge in [-0.25, -0.2) is 9.79 Å². The number of ether oxygens (including phenoxy) is 1. The molecule has 0 aromatic rings. The van der Waals surface area contributed by atoms with E-state index in [1.54, 1.807) is 27.0 Å². The molecule has 0 atom stereocenters. The number of hydrogen-bond acceptors (Lipinski definition) is 3. The molecule has 2 amide bonds. The fraction of sp³-hybridized carbons (Fsp3) is 0.750. The van der Waals surface area contributed by atoms with Gasteiger partial charge >= 0.3 is 6.09 Å². The van der Waals surface area contributed by atoms with Crippen molar-refractivity contribution in [1.29, 1.82) is 0 Å². The molecule has 0 N–H and O–H groups in total. The second-order valence-electron chi connectivity index (χ2n) is 5.98. The molecule has 1 heterocycles. The number of aliphatic imine (C=N–C) groups is 1. The number of amides is 2. The molecule has 1 aliphatic heterocycles. The lowest BCUT2D eigenvalue weighted by atomic mass is 9.95. The normalized spacial score (nSPS) is 20.1. The predicted molar refractivity (Wildman–Crippen MR) is 65.1 cm³/mol. The van der Waals surface area contributed by atoms with E-state index in [1.165, 1.54) is 4.90 Å². The van der Waals surface area contributed by atoms with Crippen LogP contribution in [0.5, 0.6) is 0 Å². The molecule has 0 saturated carbocycles. The first-order valence-electron chi connectivity index (χ1n) is 5.65. The summed E-state index contributed by atoms with van der Waals surface area (Å²) in [6, 6.07) is 0. The van der Waals surface area contributed by atoms with Crippen LogP contribution in [0.3, 0.4) is 0 Å². The molecule has 0 aromatic carbocycles. The minimum absolute atomic E-state index is 0.0190. The molecule has 96 valence electrons. The molecule has 0 unspecified atom stereocenters. The van der Waals surface area contributed by atoms with Crippen LogP contribution in [-0.2, 0) is 9.53 Å².